The second kappa shape index (κ2) is 6.71. The number of amides is 1. The van der Waals surface area contributed by atoms with Gasteiger partial charge in [0, 0.05) is 20.3 Å². The molecule has 4 nitrogen and oxygen atoms in total. The summed E-state index contributed by atoms with van der Waals surface area (Å²) >= 11 is 0. The Morgan fingerprint density at radius 2 is 1.88 bits per heavy atom. The minimum absolute atomic E-state index is 0.0755. The highest BCUT2D eigenvalue weighted by atomic mass is 16.5. The van der Waals surface area contributed by atoms with E-state index in [1.54, 1.807) is 31.3 Å². The van der Waals surface area contributed by atoms with Gasteiger partial charge in [-0.25, -0.2) is 0 Å². The first-order chi connectivity index (χ1) is 11.6. The lowest BCUT2D eigenvalue weighted by Crippen LogP contribution is -2.22. The number of benzene rings is 2. The smallest absolute Gasteiger partial charge is 0.255 e. The summed E-state index contributed by atoms with van der Waals surface area (Å²) < 4.78 is 5.83. The molecule has 122 valence electrons. The molecule has 0 N–H and O–H groups in total. The van der Waals surface area contributed by atoms with Gasteiger partial charge < -0.3 is 9.64 Å². The van der Waals surface area contributed by atoms with Gasteiger partial charge in [-0.1, -0.05) is 30.3 Å². The summed E-state index contributed by atoms with van der Waals surface area (Å²) in [6, 6.07) is 15.6. The number of nitrogens with zero attached hydrogens (tertiary/aromatic N) is 2. The van der Waals surface area contributed by atoms with Crippen molar-refractivity contribution in [3.05, 3.63) is 60.3 Å². The van der Waals surface area contributed by atoms with Gasteiger partial charge in [-0.15, -0.1) is 0 Å². The van der Waals surface area contributed by atoms with Crippen LogP contribution in [0.2, 0.25) is 0 Å². The van der Waals surface area contributed by atoms with Crippen molar-refractivity contribution in [2.24, 2.45) is 0 Å². The van der Waals surface area contributed by atoms with E-state index in [0.717, 1.165) is 22.1 Å². The highest BCUT2D eigenvalue weighted by Crippen LogP contribution is 2.37. The molecule has 2 aromatic carbocycles. The monoisotopic (exact) mass is 320 g/mol. The molecule has 0 unspecified atom stereocenters. The summed E-state index contributed by atoms with van der Waals surface area (Å²) in [7, 11) is 3.48. The maximum absolute atomic E-state index is 12.6. The number of rotatable bonds is 4. The summed E-state index contributed by atoms with van der Waals surface area (Å²) in [6.45, 7) is 2.50. The summed E-state index contributed by atoms with van der Waals surface area (Å²) in [5, 5.41) is 2.11. The zero-order valence-corrected chi connectivity index (χ0v) is 14.1. The second-order valence-electron chi connectivity index (χ2n) is 5.69. The van der Waals surface area contributed by atoms with Crippen molar-refractivity contribution < 1.29 is 9.53 Å². The van der Waals surface area contributed by atoms with E-state index in [9.17, 15) is 4.79 Å². The van der Waals surface area contributed by atoms with E-state index in [0.29, 0.717) is 17.9 Å². The molecule has 0 spiro atoms. The molecule has 0 bridgehead atoms. The Balaban J connectivity index is 2.33. The number of ether oxygens (including phenoxy) is 1. The Bertz CT molecular complexity index is 888. The molecule has 0 aliphatic heterocycles. The van der Waals surface area contributed by atoms with Crippen LogP contribution in [0, 0.1) is 0 Å². The highest BCUT2D eigenvalue weighted by Gasteiger charge is 2.20. The van der Waals surface area contributed by atoms with E-state index in [2.05, 4.69) is 4.98 Å². The molecule has 0 saturated carbocycles. The van der Waals surface area contributed by atoms with Gasteiger partial charge in [-0.2, -0.15) is 0 Å². The molecule has 4 heteroatoms. The summed E-state index contributed by atoms with van der Waals surface area (Å²) in [4.78, 5) is 18.7. The summed E-state index contributed by atoms with van der Waals surface area (Å²) in [5.41, 5.74) is 2.08. The number of carbonyl (C=O) groups excluding carboxylic acids is 1. The fraction of sp³-hybridized carbons (Fsp3) is 0.200. The minimum atomic E-state index is -0.0755. The standard InChI is InChI=1S/C20H20N2O2/c1-4-24-17-12-11-14-8-5-6-9-15(14)18(17)19-16(10-7-13-21-19)20(23)22(2)3/h5-13H,4H2,1-3H3. The van der Waals surface area contributed by atoms with Crippen LogP contribution in [0.4, 0.5) is 0 Å². The normalized spacial score (nSPS) is 10.6. The third-order valence-corrected chi connectivity index (χ3v) is 3.87. The Kier molecular flexibility index (Phi) is 4.47. The number of fused-ring (bicyclic) bond motifs is 1. The molecule has 3 aromatic rings. The minimum Gasteiger partial charge on any atom is -0.493 e. The van der Waals surface area contributed by atoms with Crippen molar-refractivity contribution in [1.29, 1.82) is 0 Å². The van der Waals surface area contributed by atoms with Crippen molar-refractivity contribution in [3.63, 3.8) is 0 Å². The second-order valence-corrected chi connectivity index (χ2v) is 5.69. The first kappa shape index (κ1) is 16.0. The maximum atomic E-state index is 12.6. The van der Waals surface area contributed by atoms with Crippen molar-refractivity contribution >= 4 is 16.7 Å². The molecule has 24 heavy (non-hydrogen) atoms. The molecule has 0 aliphatic carbocycles. The topological polar surface area (TPSA) is 42.4 Å². The summed E-state index contributed by atoms with van der Waals surface area (Å²) in [5.74, 6) is 0.663. The molecular weight excluding hydrogens is 300 g/mol. The number of aromatic nitrogens is 1. The van der Waals surface area contributed by atoms with Crippen LogP contribution >= 0.6 is 0 Å². The van der Waals surface area contributed by atoms with Crippen LogP contribution < -0.4 is 4.74 Å². The van der Waals surface area contributed by atoms with Crippen LogP contribution in [0.25, 0.3) is 22.0 Å². The molecule has 0 atom stereocenters. The van der Waals surface area contributed by atoms with Gasteiger partial charge in [0.1, 0.15) is 5.75 Å². The number of hydrogen-bond acceptors (Lipinski definition) is 3. The number of carbonyl (C=O) groups is 1. The van der Waals surface area contributed by atoms with E-state index in [1.165, 1.54) is 0 Å². The lowest BCUT2D eigenvalue weighted by atomic mass is 9.97. The first-order valence-corrected chi connectivity index (χ1v) is 7.95. The van der Waals surface area contributed by atoms with E-state index < -0.39 is 0 Å². The fourth-order valence-electron chi connectivity index (χ4n) is 2.79. The average molecular weight is 320 g/mol. The van der Waals surface area contributed by atoms with Crippen LogP contribution in [-0.4, -0.2) is 36.5 Å². The van der Waals surface area contributed by atoms with Gasteiger partial charge in [0.25, 0.3) is 5.91 Å². The van der Waals surface area contributed by atoms with Gasteiger partial charge >= 0.3 is 0 Å². The van der Waals surface area contributed by atoms with Gasteiger partial charge in [-0.05, 0) is 35.9 Å². The van der Waals surface area contributed by atoms with Gasteiger partial charge in [0.15, 0.2) is 0 Å². The van der Waals surface area contributed by atoms with Crippen LogP contribution in [0.5, 0.6) is 5.75 Å². The van der Waals surface area contributed by atoms with Gasteiger partial charge in [0.2, 0.25) is 0 Å². The quantitative estimate of drug-likeness (QED) is 0.729. The largest absolute Gasteiger partial charge is 0.493 e. The Morgan fingerprint density at radius 3 is 2.62 bits per heavy atom. The number of pyridine rings is 1. The van der Waals surface area contributed by atoms with E-state index >= 15 is 0 Å². The lowest BCUT2D eigenvalue weighted by Gasteiger charge is -2.17. The highest BCUT2D eigenvalue weighted by molar-refractivity contribution is 6.06. The molecule has 0 saturated heterocycles. The maximum Gasteiger partial charge on any atom is 0.255 e. The molecule has 0 fully saturated rings. The van der Waals surface area contributed by atoms with Crippen LogP contribution in [0.1, 0.15) is 17.3 Å². The molecule has 1 amide bonds. The van der Waals surface area contributed by atoms with Crippen molar-refractivity contribution in [2.45, 2.75) is 6.92 Å². The van der Waals surface area contributed by atoms with Crippen molar-refractivity contribution in [2.75, 3.05) is 20.7 Å². The fourth-order valence-corrected chi connectivity index (χ4v) is 2.79. The van der Waals surface area contributed by atoms with Gasteiger partial charge in [0.05, 0.1) is 23.4 Å². The molecule has 0 aliphatic rings. The molecular formula is C20H20N2O2. The molecule has 1 heterocycles. The van der Waals surface area contributed by atoms with E-state index in [4.69, 9.17) is 4.74 Å². The Hall–Kier alpha value is -2.88. The molecule has 3 rings (SSSR count). The van der Waals surface area contributed by atoms with E-state index in [1.807, 2.05) is 49.4 Å². The Morgan fingerprint density at radius 1 is 1.08 bits per heavy atom. The van der Waals surface area contributed by atoms with Crippen molar-refractivity contribution in [1.82, 2.24) is 9.88 Å². The lowest BCUT2D eigenvalue weighted by molar-refractivity contribution is 0.0828. The van der Waals surface area contributed by atoms with Crippen LogP contribution in [0.15, 0.2) is 54.7 Å². The molecule has 0 radical (unpaired) electrons. The Labute approximate surface area is 141 Å². The third-order valence-electron chi connectivity index (χ3n) is 3.87. The number of hydrogen-bond donors (Lipinski definition) is 0. The van der Waals surface area contributed by atoms with Crippen LogP contribution in [0.3, 0.4) is 0 Å². The van der Waals surface area contributed by atoms with Gasteiger partial charge in [-0.3, -0.25) is 9.78 Å². The summed E-state index contributed by atoms with van der Waals surface area (Å²) in [6.07, 6.45) is 1.71. The average Bonchev–Trinajstić information content (AvgIpc) is 2.61. The van der Waals surface area contributed by atoms with E-state index in [-0.39, 0.29) is 5.91 Å². The predicted octanol–water partition coefficient (Wildman–Crippen LogP) is 4.00. The molecule has 1 aromatic heterocycles. The SMILES string of the molecule is CCOc1ccc2ccccc2c1-c1ncccc1C(=O)N(C)C. The predicted molar refractivity (Wildman–Crippen MR) is 96.4 cm³/mol. The van der Waals surface area contributed by atoms with Crippen molar-refractivity contribution in [3.8, 4) is 17.0 Å². The van der Waals surface area contributed by atoms with Crippen LogP contribution in [-0.2, 0) is 0 Å². The third kappa shape index (κ3) is 2.83. The zero-order valence-electron chi connectivity index (χ0n) is 14.1. The first-order valence-electron chi connectivity index (χ1n) is 7.95. The zero-order chi connectivity index (χ0) is 17.1.